The molecule has 0 fully saturated rings. The third-order valence-corrected chi connectivity index (χ3v) is 3.14. The molecular formula is C17H17NO3. The average Bonchev–Trinajstić information content (AvgIpc) is 2.91. The average molecular weight is 283 g/mol. The third-order valence-electron chi connectivity index (χ3n) is 3.14. The summed E-state index contributed by atoms with van der Waals surface area (Å²) in [5.74, 6) is 5.53. The van der Waals surface area contributed by atoms with Gasteiger partial charge in [-0.25, -0.2) is 0 Å². The second-order valence-electron chi connectivity index (χ2n) is 4.71. The van der Waals surface area contributed by atoms with Crippen molar-refractivity contribution in [3.8, 4) is 11.8 Å². The van der Waals surface area contributed by atoms with Crippen molar-refractivity contribution < 1.29 is 14.3 Å². The number of hydrogen-bond acceptors (Lipinski definition) is 3. The number of nitrogens with one attached hydrogen (secondary N) is 1. The number of amides is 1. The molecule has 4 heteroatoms. The molecule has 0 radical (unpaired) electrons. The van der Waals surface area contributed by atoms with E-state index in [0.717, 1.165) is 16.7 Å². The topological polar surface area (TPSA) is 62.5 Å². The molecule has 0 saturated heterocycles. The van der Waals surface area contributed by atoms with Gasteiger partial charge in [-0.05, 0) is 37.6 Å². The summed E-state index contributed by atoms with van der Waals surface area (Å²) < 4.78 is 5.17. The molecule has 1 amide bonds. The molecule has 0 aliphatic carbocycles. The summed E-state index contributed by atoms with van der Waals surface area (Å²) in [5, 5.41) is 11.5. The van der Waals surface area contributed by atoms with Crippen molar-refractivity contribution in [2.24, 2.45) is 0 Å². The Morgan fingerprint density at radius 3 is 2.62 bits per heavy atom. The molecule has 21 heavy (non-hydrogen) atoms. The van der Waals surface area contributed by atoms with Crippen LogP contribution >= 0.6 is 0 Å². The first-order chi connectivity index (χ1) is 10.1. The van der Waals surface area contributed by atoms with Gasteiger partial charge in [0.2, 0.25) is 0 Å². The Kier molecular flexibility index (Phi) is 4.81. The van der Waals surface area contributed by atoms with Crippen molar-refractivity contribution in [3.63, 3.8) is 0 Å². The maximum absolute atomic E-state index is 12.1. The summed E-state index contributed by atoms with van der Waals surface area (Å²) in [4.78, 5) is 12.1. The molecule has 1 aromatic carbocycles. The van der Waals surface area contributed by atoms with Crippen LogP contribution in [0.15, 0.2) is 41.0 Å². The van der Waals surface area contributed by atoms with Gasteiger partial charge >= 0.3 is 0 Å². The number of aryl methyl sites for hydroxylation is 1. The normalized spacial score (nSPS) is 11.4. The van der Waals surface area contributed by atoms with Crippen molar-refractivity contribution in [2.45, 2.75) is 19.9 Å². The number of carbonyl (C=O) groups excluding carboxylic acids is 1. The molecular weight excluding hydrogens is 266 g/mol. The van der Waals surface area contributed by atoms with E-state index in [2.05, 4.69) is 17.2 Å². The molecule has 0 saturated carbocycles. The number of aliphatic hydroxyl groups is 1. The Bertz CT molecular complexity index is 674. The number of rotatable bonds is 3. The summed E-state index contributed by atoms with van der Waals surface area (Å²) in [6.45, 7) is 3.58. The van der Waals surface area contributed by atoms with E-state index in [4.69, 9.17) is 9.52 Å². The van der Waals surface area contributed by atoms with Gasteiger partial charge in [0.1, 0.15) is 6.61 Å². The van der Waals surface area contributed by atoms with Crippen LogP contribution in [0.25, 0.3) is 0 Å². The van der Waals surface area contributed by atoms with Crippen LogP contribution in [0.1, 0.15) is 40.2 Å². The van der Waals surface area contributed by atoms with E-state index in [1.54, 1.807) is 6.07 Å². The van der Waals surface area contributed by atoms with E-state index in [1.807, 2.05) is 38.1 Å². The first-order valence-corrected chi connectivity index (χ1v) is 6.66. The van der Waals surface area contributed by atoms with E-state index >= 15 is 0 Å². The van der Waals surface area contributed by atoms with E-state index in [-0.39, 0.29) is 18.6 Å². The maximum Gasteiger partial charge on any atom is 0.287 e. The summed E-state index contributed by atoms with van der Waals surface area (Å²) in [7, 11) is 0. The van der Waals surface area contributed by atoms with Crippen molar-refractivity contribution in [3.05, 3.63) is 59.0 Å². The van der Waals surface area contributed by atoms with Crippen LogP contribution in [0, 0.1) is 18.8 Å². The van der Waals surface area contributed by atoms with Crippen molar-refractivity contribution in [1.29, 1.82) is 0 Å². The number of aliphatic hydroxyl groups excluding tert-OH is 1. The molecule has 2 N–H and O–H groups in total. The molecule has 4 nitrogen and oxygen atoms in total. The summed E-state index contributed by atoms with van der Waals surface area (Å²) in [5.41, 5.74) is 2.62. The van der Waals surface area contributed by atoms with Gasteiger partial charge in [0.05, 0.1) is 12.3 Å². The van der Waals surface area contributed by atoms with Crippen LogP contribution in [0.2, 0.25) is 0 Å². The van der Waals surface area contributed by atoms with Gasteiger partial charge in [-0.3, -0.25) is 4.79 Å². The zero-order valence-electron chi connectivity index (χ0n) is 12.0. The lowest BCUT2D eigenvalue weighted by molar-refractivity contribution is 0.0911. The number of carbonyl (C=O) groups is 1. The minimum atomic E-state index is -0.228. The Hall–Kier alpha value is -2.51. The number of benzene rings is 1. The molecule has 1 aromatic heterocycles. The molecule has 2 aromatic rings. The highest BCUT2D eigenvalue weighted by Gasteiger charge is 2.15. The molecule has 0 spiro atoms. The van der Waals surface area contributed by atoms with E-state index < -0.39 is 0 Å². The fourth-order valence-electron chi connectivity index (χ4n) is 1.95. The minimum absolute atomic E-state index is 0.137. The van der Waals surface area contributed by atoms with Crippen molar-refractivity contribution in [2.75, 3.05) is 6.61 Å². The van der Waals surface area contributed by atoms with E-state index in [9.17, 15) is 4.79 Å². The number of furan rings is 1. The zero-order chi connectivity index (χ0) is 15.2. The first-order valence-electron chi connectivity index (χ1n) is 6.66. The molecule has 1 atom stereocenters. The highest BCUT2D eigenvalue weighted by Crippen LogP contribution is 2.15. The lowest BCUT2D eigenvalue weighted by Crippen LogP contribution is -2.26. The van der Waals surface area contributed by atoms with Gasteiger partial charge < -0.3 is 14.8 Å². The van der Waals surface area contributed by atoms with Crippen LogP contribution in [-0.4, -0.2) is 17.6 Å². The van der Waals surface area contributed by atoms with Gasteiger partial charge in [-0.15, -0.1) is 0 Å². The Labute approximate surface area is 123 Å². The van der Waals surface area contributed by atoms with E-state index in [1.165, 1.54) is 6.26 Å². The fraction of sp³-hybridized carbons (Fsp3) is 0.235. The van der Waals surface area contributed by atoms with Gasteiger partial charge in [0.15, 0.2) is 5.76 Å². The van der Waals surface area contributed by atoms with Crippen molar-refractivity contribution in [1.82, 2.24) is 5.32 Å². The van der Waals surface area contributed by atoms with Gasteiger partial charge in [-0.2, -0.15) is 0 Å². The molecule has 1 unspecified atom stereocenters. The monoisotopic (exact) mass is 283 g/mol. The highest BCUT2D eigenvalue weighted by molar-refractivity contribution is 5.93. The zero-order valence-corrected chi connectivity index (χ0v) is 12.0. The standard InChI is InChI=1S/C17H17NO3/c1-12-9-11-21-16(12)17(20)18-13(2)15-7-5-14(6-8-15)4-3-10-19/h5-9,11,13,19H,10H2,1-2H3,(H,18,20). The third kappa shape index (κ3) is 3.74. The Morgan fingerprint density at radius 1 is 1.33 bits per heavy atom. The summed E-state index contributed by atoms with van der Waals surface area (Å²) in [6, 6.07) is 9.15. The predicted molar refractivity (Wildman–Crippen MR) is 79.7 cm³/mol. The molecule has 1 heterocycles. The molecule has 2 rings (SSSR count). The van der Waals surface area contributed by atoms with Crippen LogP contribution in [0.5, 0.6) is 0 Å². The fourth-order valence-corrected chi connectivity index (χ4v) is 1.95. The minimum Gasteiger partial charge on any atom is -0.459 e. The van der Waals surface area contributed by atoms with Crippen molar-refractivity contribution >= 4 is 5.91 Å². The van der Waals surface area contributed by atoms with Crippen LogP contribution in [0.4, 0.5) is 0 Å². The maximum atomic E-state index is 12.1. The first kappa shape index (κ1) is 14.9. The SMILES string of the molecule is Cc1ccoc1C(=O)NC(C)c1ccc(C#CCO)cc1. The van der Waals surface area contributed by atoms with E-state index in [0.29, 0.717) is 5.76 Å². The lowest BCUT2D eigenvalue weighted by Gasteiger charge is -2.13. The van der Waals surface area contributed by atoms with Gasteiger partial charge in [0.25, 0.3) is 5.91 Å². The second-order valence-corrected chi connectivity index (χ2v) is 4.71. The molecule has 0 bridgehead atoms. The summed E-state index contributed by atoms with van der Waals surface area (Å²) >= 11 is 0. The summed E-state index contributed by atoms with van der Waals surface area (Å²) in [6.07, 6.45) is 1.50. The molecule has 108 valence electrons. The molecule has 0 aliphatic heterocycles. The number of hydrogen-bond donors (Lipinski definition) is 2. The van der Waals surface area contributed by atoms with Crippen LogP contribution in [-0.2, 0) is 0 Å². The predicted octanol–water partition coefficient (Wildman–Crippen LogP) is 2.42. The second kappa shape index (κ2) is 6.78. The Morgan fingerprint density at radius 2 is 2.05 bits per heavy atom. The molecule has 0 aliphatic rings. The Balaban J connectivity index is 2.05. The highest BCUT2D eigenvalue weighted by atomic mass is 16.3. The van der Waals surface area contributed by atoms with Gasteiger partial charge in [-0.1, -0.05) is 24.0 Å². The van der Waals surface area contributed by atoms with Gasteiger partial charge in [0, 0.05) is 11.1 Å². The largest absolute Gasteiger partial charge is 0.459 e. The lowest BCUT2D eigenvalue weighted by atomic mass is 10.1. The van der Waals surface area contributed by atoms with Crippen LogP contribution < -0.4 is 5.32 Å². The quantitative estimate of drug-likeness (QED) is 0.850. The van der Waals surface area contributed by atoms with Crippen LogP contribution in [0.3, 0.4) is 0 Å². The smallest absolute Gasteiger partial charge is 0.287 e.